The average molecular weight is 521 g/mol. The second-order valence-electron chi connectivity index (χ2n) is 8.96. The molecule has 2 aliphatic heterocycles. The van der Waals surface area contributed by atoms with E-state index in [1.54, 1.807) is 29.2 Å². The Labute approximate surface area is 221 Å². The number of nitrogens with one attached hydrogen (secondary N) is 1. The van der Waals surface area contributed by atoms with Crippen LogP contribution in [0.5, 0.6) is 17.2 Å². The van der Waals surface area contributed by atoms with Crippen LogP contribution < -0.4 is 19.5 Å². The van der Waals surface area contributed by atoms with E-state index in [9.17, 15) is 9.59 Å². The molecule has 0 saturated heterocycles. The van der Waals surface area contributed by atoms with E-state index in [4.69, 9.17) is 25.8 Å². The largest absolute Gasteiger partial charge is 0.495 e. The molecule has 0 bridgehead atoms. The van der Waals surface area contributed by atoms with Crippen molar-refractivity contribution in [2.75, 3.05) is 32.2 Å². The number of rotatable bonds is 7. The molecule has 8 heteroatoms. The van der Waals surface area contributed by atoms with Crippen molar-refractivity contribution in [1.29, 1.82) is 0 Å². The fraction of sp³-hybridized carbons (Fsp3) is 0.310. The Balaban J connectivity index is 1.65. The quantitative estimate of drug-likeness (QED) is 0.437. The van der Waals surface area contributed by atoms with Crippen LogP contribution in [0, 0.1) is 0 Å². The predicted molar refractivity (Wildman–Crippen MR) is 142 cm³/mol. The number of halogens is 1. The maximum Gasteiger partial charge on any atom is 0.254 e. The maximum atomic E-state index is 14.1. The van der Waals surface area contributed by atoms with Gasteiger partial charge in [0.2, 0.25) is 5.91 Å². The molecule has 2 unspecified atom stereocenters. The third-order valence-electron chi connectivity index (χ3n) is 6.89. The lowest BCUT2D eigenvalue weighted by Crippen LogP contribution is -2.49. The standard InChI is InChI=1S/C29H29ClN2O5/c1-4-36-24-14-17-12-13-32-27(21(17)16-25(24)37-5-2)26(19-8-6-7-9-20(19)29(32)34)28(33)31-22-15-18(30)10-11-23(22)35-3/h6-11,14-16,26-27H,4-5,12-13H2,1-3H3,(H,31,33). The van der Waals surface area contributed by atoms with Crippen LogP contribution in [0.2, 0.25) is 5.02 Å². The highest BCUT2D eigenvalue weighted by atomic mass is 35.5. The van der Waals surface area contributed by atoms with E-state index in [2.05, 4.69) is 5.32 Å². The molecule has 3 aromatic carbocycles. The van der Waals surface area contributed by atoms with Gasteiger partial charge in [0.1, 0.15) is 5.75 Å². The molecular formula is C29H29ClN2O5. The van der Waals surface area contributed by atoms with Crippen molar-refractivity contribution in [3.8, 4) is 17.2 Å². The molecule has 0 saturated carbocycles. The minimum atomic E-state index is -0.663. The number of fused-ring (bicyclic) bond motifs is 4. The summed E-state index contributed by atoms with van der Waals surface area (Å²) in [6.45, 7) is 5.31. The van der Waals surface area contributed by atoms with Crippen molar-refractivity contribution < 1.29 is 23.8 Å². The van der Waals surface area contributed by atoms with E-state index in [1.807, 2.05) is 44.2 Å². The first kappa shape index (κ1) is 25.0. The topological polar surface area (TPSA) is 77.1 Å². The molecule has 2 atom stereocenters. The second-order valence-corrected chi connectivity index (χ2v) is 9.39. The van der Waals surface area contributed by atoms with Crippen LogP contribution in [-0.2, 0) is 11.2 Å². The van der Waals surface area contributed by atoms with Gasteiger partial charge in [-0.2, -0.15) is 0 Å². The molecule has 3 aromatic rings. The molecule has 1 N–H and O–H groups in total. The molecule has 192 valence electrons. The Hall–Kier alpha value is -3.71. The number of ether oxygens (including phenoxy) is 3. The number of nitrogens with zero attached hydrogens (tertiary/aromatic N) is 1. The van der Waals surface area contributed by atoms with Crippen LogP contribution in [0.1, 0.15) is 52.9 Å². The van der Waals surface area contributed by atoms with Crippen LogP contribution in [0.25, 0.3) is 0 Å². The first-order chi connectivity index (χ1) is 18.0. The molecule has 0 fully saturated rings. The van der Waals surface area contributed by atoms with E-state index in [0.29, 0.717) is 65.3 Å². The second kappa shape index (κ2) is 10.3. The Morgan fingerprint density at radius 3 is 2.46 bits per heavy atom. The van der Waals surface area contributed by atoms with Crippen LogP contribution in [0.4, 0.5) is 5.69 Å². The monoisotopic (exact) mass is 520 g/mol. The molecule has 37 heavy (non-hydrogen) atoms. The smallest absolute Gasteiger partial charge is 0.254 e. The van der Waals surface area contributed by atoms with E-state index >= 15 is 0 Å². The Bertz CT molecular complexity index is 1360. The molecule has 2 aliphatic rings. The van der Waals surface area contributed by atoms with Gasteiger partial charge in [-0.05, 0) is 73.4 Å². The number of anilines is 1. The Morgan fingerprint density at radius 1 is 1.00 bits per heavy atom. The van der Waals surface area contributed by atoms with E-state index in [1.165, 1.54) is 7.11 Å². The maximum absolute atomic E-state index is 14.1. The summed E-state index contributed by atoms with van der Waals surface area (Å²) >= 11 is 6.22. The molecule has 0 radical (unpaired) electrons. The highest BCUT2D eigenvalue weighted by Crippen LogP contribution is 2.49. The van der Waals surface area contributed by atoms with Crippen molar-refractivity contribution in [3.63, 3.8) is 0 Å². The molecule has 0 aromatic heterocycles. The fourth-order valence-electron chi connectivity index (χ4n) is 5.34. The minimum Gasteiger partial charge on any atom is -0.495 e. The molecular weight excluding hydrogens is 492 g/mol. The summed E-state index contributed by atoms with van der Waals surface area (Å²) in [6.07, 6.45) is 0.655. The number of carbonyl (C=O) groups is 2. The number of benzene rings is 3. The molecule has 2 amide bonds. The summed E-state index contributed by atoms with van der Waals surface area (Å²) < 4.78 is 17.2. The summed E-state index contributed by atoms with van der Waals surface area (Å²) in [7, 11) is 1.54. The van der Waals surface area contributed by atoms with Gasteiger partial charge in [0, 0.05) is 17.1 Å². The SMILES string of the molecule is CCOc1cc2c(cc1OCC)C1C(C(=O)Nc3cc(Cl)ccc3OC)c3ccccc3C(=O)N1CC2. The van der Waals surface area contributed by atoms with Crippen molar-refractivity contribution in [1.82, 2.24) is 4.90 Å². The first-order valence-corrected chi connectivity index (χ1v) is 12.8. The summed E-state index contributed by atoms with van der Waals surface area (Å²) in [5.74, 6) is 0.774. The van der Waals surface area contributed by atoms with Crippen LogP contribution in [-0.4, -0.2) is 43.6 Å². The number of amides is 2. The van der Waals surface area contributed by atoms with Gasteiger partial charge in [-0.3, -0.25) is 9.59 Å². The van der Waals surface area contributed by atoms with Gasteiger partial charge in [-0.1, -0.05) is 29.8 Å². The summed E-state index contributed by atoms with van der Waals surface area (Å²) in [5.41, 5.74) is 3.62. The molecule has 2 heterocycles. The average Bonchev–Trinajstić information content (AvgIpc) is 2.89. The van der Waals surface area contributed by atoms with Crippen molar-refractivity contribution >= 4 is 29.1 Å². The third-order valence-corrected chi connectivity index (χ3v) is 7.12. The van der Waals surface area contributed by atoms with Crippen LogP contribution in [0.15, 0.2) is 54.6 Å². The first-order valence-electron chi connectivity index (χ1n) is 12.4. The van der Waals surface area contributed by atoms with Gasteiger partial charge in [0.25, 0.3) is 5.91 Å². The van der Waals surface area contributed by atoms with Crippen LogP contribution in [0.3, 0.4) is 0 Å². The van der Waals surface area contributed by atoms with E-state index in [0.717, 1.165) is 11.1 Å². The van der Waals surface area contributed by atoms with E-state index in [-0.39, 0.29) is 11.8 Å². The van der Waals surface area contributed by atoms with Gasteiger partial charge >= 0.3 is 0 Å². The van der Waals surface area contributed by atoms with Gasteiger partial charge < -0.3 is 24.4 Å². The molecule has 5 rings (SSSR count). The van der Waals surface area contributed by atoms with Gasteiger partial charge in [0.05, 0.1) is 38.0 Å². The van der Waals surface area contributed by atoms with Gasteiger partial charge in [0.15, 0.2) is 11.5 Å². The predicted octanol–water partition coefficient (Wildman–Crippen LogP) is 5.62. The van der Waals surface area contributed by atoms with Gasteiger partial charge in [-0.15, -0.1) is 0 Å². The van der Waals surface area contributed by atoms with Crippen molar-refractivity contribution in [2.45, 2.75) is 32.2 Å². The summed E-state index contributed by atoms with van der Waals surface area (Å²) in [5, 5.41) is 3.50. The zero-order valence-corrected chi connectivity index (χ0v) is 21.8. The normalized spacial score (nSPS) is 17.8. The lowest BCUT2D eigenvalue weighted by atomic mass is 9.75. The lowest BCUT2D eigenvalue weighted by molar-refractivity contribution is -0.119. The Morgan fingerprint density at radius 2 is 1.73 bits per heavy atom. The third kappa shape index (κ3) is 4.48. The number of hydrogen-bond acceptors (Lipinski definition) is 5. The number of hydrogen-bond donors (Lipinski definition) is 1. The summed E-state index contributed by atoms with van der Waals surface area (Å²) in [6, 6.07) is 15.8. The zero-order chi connectivity index (χ0) is 26.1. The highest BCUT2D eigenvalue weighted by Gasteiger charge is 2.46. The number of carbonyl (C=O) groups excluding carboxylic acids is 2. The molecule has 0 spiro atoms. The summed E-state index contributed by atoms with van der Waals surface area (Å²) in [4.78, 5) is 29.5. The van der Waals surface area contributed by atoms with Crippen LogP contribution >= 0.6 is 11.6 Å². The highest BCUT2D eigenvalue weighted by molar-refractivity contribution is 6.31. The molecule has 0 aliphatic carbocycles. The number of methoxy groups -OCH3 is 1. The van der Waals surface area contributed by atoms with Crippen molar-refractivity contribution in [2.24, 2.45) is 0 Å². The van der Waals surface area contributed by atoms with Crippen molar-refractivity contribution in [3.05, 3.63) is 81.9 Å². The fourth-order valence-corrected chi connectivity index (χ4v) is 5.51. The zero-order valence-electron chi connectivity index (χ0n) is 21.0. The molecule has 7 nitrogen and oxygen atoms in total. The minimum absolute atomic E-state index is 0.0810. The van der Waals surface area contributed by atoms with E-state index < -0.39 is 12.0 Å². The lowest BCUT2D eigenvalue weighted by Gasteiger charge is -2.45. The van der Waals surface area contributed by atoms with Gasteiger partial charge in [-0.25, -0.2) is 0 Å². The Kier molecular flexibility index (Phi) is 6.98.